The molecule has 148 valence electrons. The van der Waals surface area contributed by atoms with Crippen molar-refractivity contribution in [3.05, 3.63) is 75.8 Å². The Bertz CT molecular complexity index is 1290. The zero-order valence-corrected chi connectivity index (χ0v) is 16.6. The number of benzene rings is 2. The number of nitrogens with one attached hydrogen (secondary N) is 1. The first-order valence-electron chi connectivity index (χ1n) is 9.35. The number of fused-ring (bicyclic) bond motifs is 3. The van der Waals surface area contributed by atoms with Crippen LogP contribution in [0.25, 0.3) is 16.4 Å². The number of nitrogens with zero attached hydrogens (tertiary/aromatic N) is 3. The first-order chi connectivity index (χ1) is 14.0. The molecule has 1 amide bonds. The fourth-order valence-electron chi connectivity index (χ4n) is 3.55. The Morgan fingerprint density at radius 1 is 1.10 bits per heavy atom. The SMILES string of the molecule is COc1ccc2c(c1)cc1c(=O)n(CC(=O)NCc3cccc(C)c3)nc(C)n12. The van der Waals surface area contributed by atoms with E-state index in [9.17, 15) is 9.59 Å². The lowest BCUT2D eigenvalue weighted by atomic mass is 10.1. The van der Waals surface area contributed by atoms with Crippen molar-refractivity contribution in [2.75, 3.05) is 7.11 Å². The van der Waals surface area contributed by atoms with Crippen LogP contribution in [-0.2, 0) is 17.9 Å². The highest BCUT2D eigenvalue weighted by molar-refractivity contribution is 5.88. The predicted octanol–water partition coefficient (Wildman–Crippen LogP) is 2.59. The van der Waals surface area contributed by atoms with Crippen LogP contribution in [0.3, 0.4) is 0 Å². The highest BCUT2D eigenvalue weighted by Gasteiger charge is 2.14. The second-order valence-corrected chi connectivity index (χ2v) is 7.07. The highest BCUT2D eigenvalue weighted by Crippen LogP contribution is 2.24. The molecule has 0 atom stereocenters. The van der Waals surface area contributed by atoms with Crippen LogP contribution >= 0.6 is 0 Å². The highest BCUT2D eigenvalue weighted by atomic mass is 16.5. The number of methoxy groups -OCH3 is 1. The Balaban J connectivity index is 1.62. The molecule has 1 N–H and O–H groups in total. The van der Waals surface area contributed by atoms with E-state index < -0.39 is 0 Å². The summed E-state index contributed by atoms with van der Waals surface area (Å²) in [5.41, 5.74) is 3.19. The van der Waals surface area contributed by atoms with E-state index in [0.717, 1.165) is 27.8 Å². The van der Waals surface area contributed by atoms with Gasteiger partial charge in [0.1, 0.15) is 23.6 Å². The van der Waals surface area contributed by atoms with Gasteiger partial charge in [0.25, 0.3) is 5.56 Å². The van der Waals surface area contributed by atoms with Gasteiger partial charge in [-0.15, -0.1) is 0 Å². The minimum atomic E-state index is -0.309. The summed E-state index contributed by atoms with van der Waals surface area (Å²) >= 11 is 0. The molecule has 0 radical (unpaired) electrons. The molecule has 7 nitrogen and oxygen atoms in total. The van der Waals surface area contributed by atoms with Crippen LogP contribution in [-0.4, -0.2) is 27.2 Å². The summed E-state index contributed by atoms with van der Waals surface area (Å²) in [6.07, 6.45) is 0. The molecule has 0 spiro atoms. The van der Waals surface area contributed by atoms with Gasteiger partial charge in [0.2, 0.25) is 5.91 Å². The van der Waals surface area contributed by atoms with Crippen molar-refractivity contribution in [3.8, 4) is 5.75 Å². The molecule has 0 unspecified atom stereocenters. The average Bonchev–Trinajstić information content (AvgIpc) is 3.09. The summed E-state index contributed by atoms with van der Waals surface area (Å²) < 4.78 is 8.28. The zero-order valence-electron chi connectivity index (χ0n) is 16.6. The number of ether oxygens (including phenoxy) is 1. The summed E-state index contributed by atoms with van der Waals surface area (Å²) in [7, 11) is 1.60. The second-order valence-electron chi connectivity index (χ2n) is 7.07. The number of aromatic nitrogens is 3. The van der Waals surface area contributed by atoms with Gasteiger partial charge in [0.15, 0.2) is 0 Å². The van der Waals surface area contributed by atoms with Gasteiger partial charge in [-0.1, -0.05) is 29.8 Å². The van der Waals surface area contributed by atoms with Crippen molar-refractivity contribution >= 4 is 22.3 Å². The molecule has 4 aromatic rings. The van der Waals surface area contributed by atoms with Gasteiger partial charge in [-0.3, -0.25) is 14.0 Å². The van der Waals surface area contributed by atoms with E-state index in [1.807, 2.05) is 56.3 Å². The second kappa shape index (κ2) is 7.43. The summed E-state index contributed by atoms with van der Waals surface area (Å²) in [6.45, 7) is 4.10. The normalized spacial score (nSPS) is 11.1. The zero-order chi connectivity index (χ0) is 20.5. The predicted molar refractivity (Wildman–Crippen MR) is 111 cm³/mol. The van der Waals surface area contributed by atoms with Crippen molar-refractivity contribution in [2.24, 2.45) is 0 Å². The molecule has 29 heavy (non-hydrogen) atoms. The van der Waals surface area contributed by atoms with E-state index >= 15 is 0 Å². The summed E-state index contributed by atoms with van der Waals surface area (Å²) in [4.78, 5) is 25.3. The third-order valence-corrected chi connectivity index (χ3v) is 4.92. The Hall–Kier alpha value is -3.61. The van der Waals surface area contributed by atoms with Crippen molar-refractivity contribution in [3.63, 3.8) is 0 Å². The molecule has 0 saturated carbocycles. The van der Waals surface area contributed by atoms with Crippen LogP contribution in [0.1, 0.15) is 17.0 Å². The molecule has 2 heterocycles. The average molecular weight is 390 g/mol. The van der Waals surface area contributed by atoms with Gasteiger partial charge in [0.05, 0.1) is 12.6 Å². The van der Waals surface area contributed by atoms with Crippen molar-refractivity contribution in [2.45, 2.75) is 26.9 Å². The molecule has 0 aliphatic heterocycles. The fraction of sp³-hybridized carbons (Fsp3) is 0.227. The molecule has 0 saturated heterocycles. The van der Waals surface area contributed by atoms with Crippen LogP contribution < -0.4 is 15.6 Å². The third-order valence-electron chi connectivity index (χ3n) is 4.92. The van der Waals surface area contributed by atoms with Crippen LogP contribution in [0.2, 0.25) is 0 Å². The monoisotopic (exact) mass is 390 g/mol. The van der Waals surface area contributed by atoms with Crippen LogP contribution in [0, 0.1) is 13.8 Å². The molecule has 0 aliphatic rings. The quantitative estimate of drug-likeness (QED) is 0.568. The Labute approximate surface area is 167 Å². The number of hydrogen-bond acceptors (Lipinski definition) is 4. The van der Waals surface area contributed by atoms with E-state index in [1.54, 1.807) is 17.6 Å². The molecule has 0 aliphatic carbocycles. The van der Waals surface area contributed by atoms with Crippen molar-refractivity contribution in [1.29, 1.82) is 0 Å². The number of carbonyl (C=O) groups is 1. The van der Waals surface area contributed by atoms with E-state index in [4.69, 9.17) is 4.74 Å². The molecular formula is C22H22N4O3. The van der Waals surface area contributed by atoms with Crippen LogP contribution in [0.15, 0.2) is 53.3 Å². The van der Waals surface area contributed by atoms with Gasteiger partial charge < -0.3 is 10.1 Å². The molecule has 7 heteroatoms. The maximum absolute atomic E-state index is 12.9. The van der Waals surface area contributed by atoms with E-state index in [0.29, 0.717) is 17.9 Å². The lowest BCUT2D eigenvalue weighted by Crippen LogP contribution is -2.34. The number of carbonyl (C=O) groups excluding carboxylic acids is 1. The Morgan fingerprint density at radius 3 is 2.69 bits per heavy atom. The smallest absolute Gasteiger partial charge is 0.291 e. The van der Waals surface area contributed by atoms with E-state index in [-0.39, 0.29) is 18.0 Å². The van der Waals surface area contributed by atoms with Gasteiger partial charge in [0, 0.05) is 11.9 Å². The lowest BCUT2D eigenvalue weighted by molar-refractivity contribution is -0.122. The summed E-state index contributed by atoms with van der Waals surface area (Å²) in [5, 5.41) is 8.08. The number of amides is 1. The first-order valence-corrected chi connectivity index (χ1v) is 9.35. The molecular weight excluding hydrogens is 368 g/mol. The number of aryl methyl sites for hydroxylation is 2. The lowest BCUT2D eigenvalue weighted by Gasteiger charge is -2.10. The molecule has 4 rings (SSSR count). The Morgan fingerprint density at radius 2 is 1.93 bits per heavy atom. The third kappa shape index (κ3) is 3.59. The van der Waals surface area contributed by atoms with E-state index in [1.165, 1.54) is 4.68 Å². The number of hydrogen-bond donors (Lipinski definition) is 1. The molecule has 0 bridgehead atoms. The topological polar surface area (TPSA) is 77.6 Å². The standard InChI is InChI=1S/C22H22N4O3/c1-14-5-4-6-16(9-14)12-23-21(27)13-25-22(28)20-11-17-10-18(29-3)7-8-19(17)26(20)15(2)24-25/h4-11H,12-13H2,1-3H3,(H,23,27). The molecule has 2 aromatic heterocycles. The minimum Gasteiger partial charge on any atom is -0.497 e. The van der Waals surface area contributed by atoms with Crippen molar-refractivity contribution < 1.29 is 9.53 Å². The van der Waals surface area contributed by atoms with Gasteiger partial charge >= 0.3 is 0 Å². The maximum Gasteiger partial charge on any atom is 0.291 e. The van der Waals surface area contributed by atoms with Gasteiger partial charge in [-0.05, 0) is 43.7 Å². The fourth-order valence-corrected chi connectivity index (χ4v) is 3.55. The molecule has 0 fully saturated rings. The molecule has 2 aromatic carbocycles. The minimum absolute atomic E-state index is 0.132. The van der Waals surface area contributed by atoms with Crippen molar-refractivity contribution in [1.82, 2.24) is 19.5 Å². The summed E-state index contributed by atoms with van der Waals surface area (Å²) in [6, 6.07) is 15.3. The largest absolute Gasteiger partial charge is 0.497 e. The van der Waals surface area contributed by atoms with Crippen LogP contribution in [0.4, 0.5) is 0 Å². The summed E-state index contributed by atoms with van der Waals surface area (Å²) in [5.74, 6) is 1.09. The van der Waals surface area contributed by atoms with Crippen LogP contribution in [0.5, 0.6) is 5.75 Å². The first kappa shape index (κ1) is 18.7. The Kier molecular flexibility index (Phi) is 4.80. The van der Waals surface area contributed by atoms with Gasteiger partial charge in [-0.25, -0.2) is 4.68 Å². The number of rotatable bonds is 5. The maximum atomic E-state index is 12.9. The van der Waals surface area contributed by atoms with Gasteiger partial charge in [-0.2, -0.15) is 5.10 Å². The van der Waals surface area contributed by atoms with E-state index in [2.05, 4.69) is 10.4 Å².